The Morgan fingerprint density at radius 1 is 1.21 bits per heavy atom. The minimum atomic E-state index is -0.195. The summed E-state index contributed by atoms with van der Waals surface area (Å²) in [7, 11) is 0. The summed E-state index contributed by atoms with van der Waals surface area (Å²) in [6.07, 6.45) is 9.06. The van der Waals surface area contributed by atoms with Crippen LogP contribution in [0, 0.1) is 28.5 Å². The van der Waals surface area contributed by atoms with E-state index in [4.69, 9.17) is 0 Å². The highest BCUT2D eigenvalue weighted by molar-refractivity contribution is 5.59. The lowest BCUT2D eigenvalue weighted by molar-refractivity contribution is 0.0808. The summed E-state index contributed by atoms with van der Waals surface area (Å²) in [5.74, 6) is 0.420. The molecule has 0 aromatic heterocycles. The lowest BCUT2D eigenvalue weighted by Crippen LogP contribution is -2.48. The molecule has 2 aliphatic heterocycles. The van der Waals surface area contributed by atoms with Gasteiger partial charge >= 0.3 is 0 Å². The van der Waals surface area contributed by atoms with Crippen LogP contribution >= 0.6 is 0 Å². The average Bonchev–Trinajstić information content (AvgIpc) is 3.41. The lowest BCUT2D eigenvalue weighted by atomic mass is 9.69. The summed E-state index contributed by atoms with van der Waals surface area (Å²) in [6, 6.07) is 10.1. The summed E-state index contributed by atoms with van der Waals surface area (Å²) < 4.78 is 13.2. The number of aliphatic imine (C=N–C) groups is 1. The SMILES string of the molecule is C[C@H](c1ccc(F)cc1)N1C=NCC1CN1CCC(C#N)(C2CCCC2)CC1. The molecule has 1 saturated heterocycles. The summed E-state index contributed by atoms with van der Waals surface area (Å²) in [6.45, 7) is 5.99. The van der Waals surface area contributed by atoms with E-state index in [-0.39, 0.29) is 17.3 Å². The number of benzene rings is 1. The first kappa shape index (κ1) is 19.4. The largest absolute Gasteiger partial charge is 0.350 e. The number of hydrogen-bond acceptors (Lipinski definition) is 4. The second kappa shape index (κ2) is 8.21. The third-order valence-electron chi connectivity index (χ3n) is 7.33. The van der Waals surface area contributed by atoms with Gasteiger partial charge in [0.25, 0.3) is 0 Å². The van der Waals surface area contributed by atoms with Crippen LogP contribution in [0.5, 0.6) is 0 Å². The van der Waals surface area contributed by atoms with Crippen LogP contribution in [0.4, 0.5) is 4.39 Å². The van der Waals surface area contributed by atoms with E-state index in [1.807, 2.05) is 18.5 Å². The van der Waals surface area contributed by atoms with Gasteiger partial charge in [-0.25, -0.2) is 4.39 Å². The first-order chi connectivity index (χ1) is 13.6. The minimum Gasteiger partial charge on any atom is -0.350 e. The van der Waals surface area contributed by atoms with Gasteiger partial charge in [0.15, 0.2) is 0 Å². The van der Waals surface area contributed by atoms with E-state index < -0.39 is 0 Å². The number of nitriles is 1. The van der Waals surface area contributed by atoms with Crippen LogP contribution in [-0.4, -0.2) is 48.4 Å². The van der Waals surface area contributed by atoms with Crippen LogP contribution in [0.15, 0.2) is 29.3 Å². The number of piperidine rings is 1. The molecule has 1 aromatic carbocycles. The van der Waals surface area contributed by atoms with Crippen LogP contribution in [0.2, 0.25) is 0 Å². The summed E-state index contributed by atoms with van der Waals surface area (Å²) in [5.41, 5.74) is 1.03. The van der Waals surface area contributed by atoms with Crippen molar-refractivity contribution in [3.05, 3.63) is 35.6 Å². The zero-order chi connectivity index (χ0) is 19.6. The molecule has 2 fully saturated rings. The molecular weight excluding hydrogens is 351 g/mol. The van der Waals surface area contributed by atoms with E-state index in [1.54, 1.807) is 0 Å². The third-order valence-corrected chi connectivity index (χ3v) is 7.33. The van der Waals surface area contributed by atoms with Gasteiger partial charge in [-0.2, -0.15) is 5.26 Å². The number of rotatable bonds is 5. The Hall–Kier alpha value is -1.93. The predicted octanol–water partition coefficient (Wildman–Crippen LogP) is 4.40. The molecule has 1 unspecified atom stereocenters. The maximum atomic E-state index is 13.2. The molecule has 0 spiro atoms. The van der Waals surface area contributed by atoms with Crippen molar-refractivity contribution in [1.29, 1.82) is 5.26 Å². The van der Waals surface area contributed by atoms with Crippen LogP contribution in [0.25, 0.3) is 0 Å². The monoisotopic (exact) mass is 382 g/mol. The van der Waals surface area contributed by atoms with Crippen molar-refractivity contribution in [3.63, 3.8) is 0 Å². The summed E-state index contributed by atoms with van der Waals surface area (Å²) in [4.78, 5) is 9.37. The van der Waals surface area contributed by atoms with Crippen molar-refractivity contribution >= 4 is 6.34 Å². The molecule has 150 valence electrons. The van der Waals surface area contributed by atoms with Crippen LogP contribution in [0.1, 0.15) is 57.1 Å². The molecule has 0 bridgehead atoms. The third kappa shape index (κ3) is 3.80. The minimum absolute atomic E-state index is 0.0831. The Bertz CT molecular complexity index is 724. The van der Waals surface area contributed by atoms with Gasteiger partial charge in [-0.3, -0.25) is 4.99 Å². The number of likely N-dealkylation sites (tertiary alicyclic amines) is 1. The van der Waals surface area contributed by atoms with Gasteiger partial charge in [0.1, 0.15) is 5.82 Å². The molecule has 28 heavy (non-hydrogen) atoms. The molecule has 1 aliphatic carbocycles. The van der Waals surface area contributed by atoms with Crippen molar-refractivity contribution < 1.29 is 4.39 Å². The fourth-order valence-electron chi connectivity index (χ4n) is 5.46. The number of halogens is 1. The molecule has 5 heteroatoms. The van der Waals surface area contributed by atoms with E-state index in [0.717, 1.165) is 44.6 Å². The summed E-state index contributed by atoms with van der Waals surface area (Å²) >= 11 is 0. The van der Waals surface area contributed by atoms with Gasteiger partial charge < -0.3 is 9.80 Å². The molecule has 4 nitrogen and oxygen atoms in total. The first-order valence-corrected chi connectivity index (χ1v) is 10.8. The van der Waals surface area contributed by atoms with E-state index in [0.29, 0.717) is 12.0 Å². The van der Waals surface area contributed by atoms with Crippen LogP contribution < -0.4 is 0 Å². The van der Waals surface area contributed by atoms with E-state index in [2.05, 4.69) is 27.8 Å². The van der Waals surface area contributed by atoms with Crippen molar-refractivity contribution in [1.82, 2.24) is 9.80 Å². The van der Waals surface area contributed by atoms with Gasteiger partial charge in [0.2, 0.25) is 0 Å². The highest BCUT2D eigenvalue weighted by Crippen LogP contribution is 2.46. The molecular formula is C23H31FN4. The second-order valence-electron chi connectivity index (χ2n) is 8.86. The molecule has 0 N–H and O–H groups in total. The molecule has 4 rings (SSSR count). The Labute approximate surface area is 168 Å². The fourth-order valence-corrected chi connectivity index (χ4v) is 5.46. The molecule has 1 saturated carbocycles. The summed E-state index contributed by atoms with van der Waals surface area (Å²) in [5, 5.41) is 9.91. The van der Waals surface area contributed by atoms with Gasteiger partial charge in [0.05, 0.1) is 36.5 Å². The zero-order valence-corrected chi connectivity index (χ0v) is 16.9. The highest BCUT2D eigenvalue weighted by Gasteiger charge is 2.43. The predicted molar refractivity (Wildman–Crippen MR) is 109 cm³/mol. The Kier molecular flexibility index (Phi) is 5.68. The standard InChI is InChI=1S/C23H31FN4/c1-18(19-6-8-21(24)9-7-19)28-17-26-14-22(28)15-27-12-10-23(16-25,11-13-27)20-4-2-3-5-20/h6-9,17-18,20,22H,2-5,10-15H2,1H3/t18-,22?/m1/s1. The van der Waals surface area contributed by atoms with Crippen molar-refractivity contribution in [3.8, 4) is 6.07 Å². The Balaban J connectivity index is 1.35. The lowest BCUT2D eigenvalue weighted by Gasteiger charge is -2.42. The number of nitrogens with zero attached hydrogens (tertiary/aromatic N) is 4. The normalized spacial score (nSPS) is 26.5. The fraction of sp³-hybridized carbons (Fsp3) is 0.652. The molecule has 1 aromatic rings. The molecule has 0 radical (unpaired) electrons. The van der Waals surface area contributed by atoms with Gasteiger partial charge in [-0.15, -0.1) is 0 Å². The Morgan fingerprint density at radius 3 is 2.54 bits per heavy atom. The maximum absolute atomic E-state index is 13.2. The van der Waals surface area contributed by atoms with E-state index in [1.165, 1.54) is 37.8 Å². The van der Waals surface area contributed by atoms with Crippen molar-refractivity contribution in [2.75, 3.05) is 26.2 Å². The van der Waals surface area contributed by atoms with Gasteiger partial charge in [0, 0.05) is 6.54 Å². The molecule has 2 atom stereocenters. The highest BCUT2D eigenvalue weighted by atomic mass is 19.1. The Morgan fingerprint density at radius 2 is 1.89 bits per heavy atom. The number of hydrogen-bond donors (Lipinski definition) is 0. The van der Waals surface area contributed by atoms with Crippen molar-refractivity contribution in [2.45, 2.75) is 57.5 Å². The van der Waals surface area contributed by atoms with Gasteiger partial charge in [-0.1, -0.05) is 25.0 Å². The van der Waals surface area contributed by atoms with E-state index in [9.17, 15) is 9.65 Å². The smallest absolute Gasteiger partial charge is 0.123 e. The van der Waals surface area contributed by atoms with Crippen LogP contribution in [0.3, 0.4) is 0 Å². The zero-order valence-electron chi connectivity index (χ0n) is 16.9. The van der Waals surface area contributed by atoms with E-state index >= 15 is 0 Å². The maximum Gasteiger partial charge on any atom is 0.123 e. The van der Waals surface area contributed by atoms with Gasteiger partial charge in [-0.05, 0) is 69.3 Å². The molecule has 3 aliphatic rings. The molecule has 2 heterocycles. The first-order valence-electron chi connectivity index (χ1n) is 10.8. The van der Waals surface area contributed by atoms with Crippen LogP contribution in [-0.2, 0) is 0 Å². The second-order valence-corrected chi connectivity index (χ2v) is 8.86. The quantitative estimate of drug-likeness (QED) is 0.758. The van der Waals surface area contributed by atoms with Crippen molar-refractivity contribution in [2.24, 2.45) is 16.3 Å². The average molecular weight is 383 g/mol. The molecule has 0 amide bonds. The topological polar surface area (TPSA) is 42.6 Å².